The molecule has 170 valence electrons. The predicted molar refractivity (Wildman–Crippen MR) is 142 cm³/mol. The Morgan fingerprint density at radius 3 is 2.69 bits per heavy atom. The molecular weight excluding hydrogens is 535 g/mol. The van der Waals surface area contributed by atoms with Crippen LogP contribution in [0.2, 0.25) is 0 Å². The summed E-state index contributed by atoms with van der Waals surface area (Å²) < 4.78 is 9.11. The number of hydrogen-bond acceptors (Lipinski definition) is 5. The summed E-state index contributed by atoms with van der Waals surface area (Å²) in [5, 5.41) is 12.2. The number of nitrogens with one attached hydrogen (secondary N) is 2. The molecule has 0 radical (unpaired) electrons. The van der Waals surface area contributed by atoms with Crippen LogP contribution in [0.1, 0.15) is 29.6 Å². The number of aryl methyl sites for hydroxylation is 2. The summed E-state index contributed by atoms with van der Waals surface area (Å²) in [5.74, 6) is 2.37. The molecule has 0 aliphatic rings. The molecular formula is C23H29IN6OS. The number of nitrogens with zero attached hydrogens (tertiary/aromatic N) is 4. The van der Waals surface area contributed by atoms with Crippen LogP contribution in [0.25, 0.3) is 21.0 Å². The SMILES string of the molecule is CN=C(NCc1ccc(-c2nc3ccccc3s2)o1)NC(C)Cc1c(C)nn(C)c1C.I. The number of fused-ring (bicyclic) bond motifs is 1. The van der Waals surface area contributed by atoms with E-state index in [4.69, 9.17) is 4.42 Å². The van der Waals surface area contributed by atoms with E-state index in [0.29, 0.717) is 6.54 Å². The standard InChI is InChI=1S/C23H28N6OS.HI/c1-14(12-18-15(2)28-29(5)16(18)3)26-23(24-4)25-13-17-10-11-20(30-17)22-27-19-8-6-7-9-21(19)31-22;/h6-11,14H,12-13H2,1-5H3,(H2,24,25,26);1H. The Bertz CT molecular complexity index is 1190. The summed E-state index contributed by atoms with van der Waals surface area (Å²) in [5.41, 5.74) is 4.56. The average molecular weight is 564 g/mol. The van der Waals surface area contributed by atoms with E-state index < -0.39 is 0 Å². The van der Waals surface area contributed by atoms with E-state index in [2.05, 4.69) is 52.5 Å². The summed E-state index contributed by atoms with van der Waals surface area (Å²) in [7, 11) is 3.76. The van der Waals surface area contributed by atoms with Gasteiger partial charge in [-0.2, -0.15) is 5.10 Å². The summed E-state index contributed by atoms with van der Waals surface area (Å²) in [6.07, 6.45) is 0.884. The van der Waals surface area contributed by atoms with Crippen molar-refractivity contribution in [3.05, 3.63) is 59.1 Å². The summed E-state index contributed by atoms with van der Waals surface area (Å²) in [6.45, 7) is 6.86. The minimum atomic E-state index is 0. The van der Waals surface area contributed by atoms with Crippen molar-refractivity contribution in [1.82, 2.24) is 25.4 Å². The Kier molecular flexibility index (Phi) is 7.94. The summed E-state index contributed by atoms with van der Waals surface area (Å²) in [6, 6.07) is 12.3. The summed E-state index contributed by atoms with van der Waals surface area (Å²) >= 11 is 1.64. The first-order chi connectivity index (χ1) is 14.9. The minimum absolute atomic E-state index is 0. The van der Waals surface area contributed by atoms with Gasteiger partial charge >= 0.3 is 0 Å². The van der Waals surface area contributed by atoms with E-state index >= 15 is 0 Å². The van der Waals surface area contributed by atoms with E-state index in [1.807, 2.05) is 42.1 Å². The Balaban J connectivity index is 0.00000289. The quantitative estimate of drug-likeness (QED) is 0.200. The van der Waals surface area contributed by atoms with E-state index in [9.17, 15) is 0 Å². The van der Waals surface area contributed by atoms with Gasteiger partial charge in [0, 0.05) is 25.8 Å². The first kappa shape index (κ1) is 24.2. The van der Waals surface area contributed by atoms with Crippen LogP contribution in [0, 0.1) is 13.8 Å². The molecule has 0 aliphatic heterocycles. The lowest BCUT2D eigenvalue weighted by molar-refractivity contribution is 0.511. The van der Waals surface area contributed by atoms with Gasteiger partial charge in [0.2, 0.25) is 0 Å². The van der Waals surface area contributed by atoms with Gasteiger partial charge in [-0.15, -0.1) is 35.3 Å². The lowest BCUT2D eigenvalue weighted by atomic mass is 10.1. The van der Waals surface area contributed by atoms with Crippen LogP contribution in [0.3, 0.4) is 0 Å². The molecule has 2 N–H and O–H groups in total. The highest BCUT2D eigenvalue weighted by Crippen LogP contribution is 2.31. The number of benzene rings is 1. The third-order valence-corrected chi connectivity index (χ3v) is 6.42. The number of rotatable bonds is 6. The maximum atomic E-state index is 6.02. The zero-order valence-corrected chi connectivity index (χ0v) is 22.1. The van der Waals surface area contributed by atoms with Gasteiger partial charge < -0.3 is 15.1 Å². The molecule has 32 heavy (non-hydrogen) atoms. The van der Waals surface area contributed by atoms with Gasteiger partial charge in [0.25, 0.3) is 0 Å². The molecule has 1 aromatic carbocycles. The van der Waals surface area contributed by atoms with Crippen LogP contribution in [0.4, 0.5) is 0 Å². The molecule has 0 spiro atoms. The van der Waals surface area contributed by atoms with Gasteiger partial charge in [-0.3, -0.25) is 9.67 Å². The molecule has 4 aromatic rings. The third-order valence-electron chi connectivity index (χ3n) is 5.37. The summed E-state index contributed by atoms with van der Waals surface area (Å²) in [4.78, 5) is 9.01. The van der Waals surface area contributed by atoms with E-state index in [1.54, 1.807) is 18.4 Å². The van der Waals surface area contributed by atoms with Crippen molar-refractivity contribution in [2.24, 2.45) is 12.0 Å². The van der Waals surface area contributed by atoms with Crippen molar-refractivity contribution in [2.75, 3.05) is 7.05 Å². The highest BCUT2D eigenvalue weighted by atomic mass is 127. The smallest absolute Gasteiger partial charge is 0.191 e. The number of halogens is 1. The molecule has 0 amide bonds. The fourth-order valence-electron chi connectivity index (χ4n) is 3.63. The molecule has 0 fully saturated rings. The highest BCUT2D eigenvalue weighted by molar-refractivity contribution is 14.0. The largest absolute Gasteiger partial charge is 0.457 e. The van der Waals surface area contributed by atoms with Crippen molar-refractivity contribution in [3.8, 4) is 10.8 Å². The van der Waals surface area contributed by atoms with E-state index in [1.165, 1.54) is 11.3 Å². The van der Waals surface area contributed by atoms with Gasteiger partial charge in [0.15, 0.2) is 16.7 Å². The number of thiazole rings is 1. The molecule has 1 atom stereocenters. The Morgan fingerprint density at radius 2 is 2.00 bits per heavy atom. The molecule has 0 saturated heterocycles. The fraction of sp³-hybridized carbons (Fsp3) is 0.348. The molecule has 0 aliphatic carbocycles. The van der Waals surface area contributed by atoms with Gasteiger partial charge in [-0.25, -0.2) is 4.98 Å². The monoisotopic (exact) mass is 564 g/mol. The zero-order valence-electron chi connectivity index (χ0n) is 19.0. The number of aliphatic imine (C=N–C) groups is 1. The molecule has 3 heterocycles. The first-order valence-corrected chi connectivity index (χ1v) is 11.2. The Labute approximate surface area is 209 Å². The number of guanidine groups is 1. The van der Waals surface area contributed by atoms with Crippen molar-refractivity contribution >= 4 is 51.5 Å². The van der Waals surface area contributed by atoms with Crippen molar-refractivity contribution in [2.45, 2.75) is 39.8 Å². The second-order valence-corrected chi connectivity index (χ2v) is 8.73. The Hall–Kier alpha value is -2.40. The maximum absolute atomic E-state index is 6.02. The zero-order chi connectivity index (χ0) is 22.0. The van der Waals surface area contributed by atoms with Gasteiger partial charge in [-0.1, -0.05) is 12.1 Å². The molecule has 0 bridgehead atoms. The molecule has 1 unspecified atom stereocenters. The average Bonchev–Trinajstić information content (AvgIpc) is 3.45. The molecule has 0 saturated carbocycles. The van der Waals surface area contributed by atoms with E-state index in [0.717, 1.165) is 44.8 Å². The minimum Gasteiger partial charge on any atom is -0.457 e. The van der Waals surface area contributed by atoms with Crippen molar-refractivity contribution in [1.29, 1.82) is 0 Å². The van der Waals surface area contributed by atoms with Crippen molar-refractivity contribution < 1.29 is 4.42 Å². The van der Waals surface area contributed by atoms with Gasteiger partial charge in [0.05, 0.1) is 22.5 Å². The van der Waals surface area contributed by atoms with Crippen LogP contribution < -0.4 is 10.6 Å². The predicted octanol–water partition coefficient (Wildman–Crippen LogP) is 4.82. The van der Waals surface area contributed by atoms with Crippen LogP contribution in [-0.2, 0) is 20.0 Å². The molecule has 3 aromatic heterocycles. The van der Waals surface area contributed by atoms with Crippen LogP contribution in [0.15, 0.2) is 45.8 Å². The fourth-order valence-corrected chi connectivity index (χ4v) is 4.56. The lowest BCUT2D eigenvalue weighted by Gasteiger charge is -2.18. The van der Waals surface area contributed by atoms with Gasteiger partial charge in [0.1, 0.15) is 5.76 Å². The van der Waals surface area contributed by atoms with Crippen molar-refractivity contribution in [3.63, 3.8) is 0 Å². The lowest BCUT2D eigenvalue weighted by Crippen LogP contribution is -2.42. The van der Waals surface area contributed by atoms with Crippen LogP contribution in [0.5, 0.6) is 0 Å². The second-order valence-electron chi connectivity index (χ2n) is 7.70. The van der Waals surface area contributed by atoms with E-state index in [-0.39, 0.29) is 30.0 Å². The second kappa shape index (κ2) is 10.5. The number of furan rings is 1. The number of aromatic nitrogens is 3. The number of para-hydroxylation sites is 1. The highest BCUT2D eigenvalue weighted by Gasteiger charge is 2.15. The third kappa shape index (κ3) is 5.32. The Morgan fingerprint density at radius 1 is 1.22 bits per heavy atom. The maximum Gasteiger partial charge on any atom is 0.191 e. The molecule has 9 heteroatoms. The normalized spacial score (nSPS) is 12.6. The first-order valence-electron chi connectivity index (χ1n) is 10.4. The molecule has 7 nitrogen and oxygen atoms in total. The van der Waals surface area contributed by atoms with Crippen LogP contribution >= 0.6 is 35.3 Å². The van der Waals surface area contributed by atoms with Crippen LogP contribution in [-0.4, -0.2) is 33.8 Å². The number of hydrogen-bond donors (Lipinski definition) is 2. The molecule has 4 rings (SSSR count). The topological polar surface area (TPSA) is 80.3 Å². The van der Waals surface area contributed by atoms with Gasteiger partial charge in [-0.05, 0) is 57.0 Å².